The molecule has 0 unspecified atom stereocenters. The van der Waals surface area contributed by atoms with Gasteiger partial charge in [0.1, 0.15) is 6.33 Å². The molecule has 0 N–H and O–H groups in total. The first-order valence-electron chi connectivity index (χ1n) is 17.6. The molecule has 238 valence electrons. The Bertz CT molecular complexity index is 2700. The fourth-order valence-electron chi connectivity index (χ4n) is 9.21. The van der Waals surface area contributed by atoms with Crippen molar-refractivity contribution in [1.82, 2.24) is 9.97 Å². The number of nitrogens with zero attached hydrogens (tertiary/aromatic N) is 2. The molecular weight excluding hydrogens is 605 g/mol. The van der Waals surface area contributed by atoms with Gasteiger partial charge in [-0.2, -0.15) is 0 Å². The van der Waals surface area contributed by atoms with E-state index < -0.39 is 0 Å². The highest BCUT2D eigenvalue weighted by Crippen LogP contribution is 2.55. The number of benzene rings is 7. The SMILES string of the molecule is CC1(C)c2ccccc2-c2ccc(-c3ccc4c(-c5ccncn5)c5ccccc5c(-c5cccc6c5-c5ccccc5C6(C)C)c4c3)cc21. The summed E-state index contributed by atoms with van der Waals surface area (Å²) in [7, 11) is 0. The van der Waals surface area contributed by atoms with Gasteiger partial charge in [0.15, 0.2) is 0 Å². The standard InChI is InChI=1S/C48H36N2/c1-47(2)40-18-10-8-15-36(40)45-37(16-11-19-41(45)47)44-33-13-5-6-14-34(33)46(43-24-25-49-28-50-43)35-23-21-29(26-38(35)44)30-20-22-32-31-12-7-9-17-39(31)48(3,4)42(32)27-30/h5-28H,1-4H3. The Kier molecular flexibility index (Phi) is 6.01. The molecule has 50 heavy (non-hydrogen) atoms. The molecular formula is C48H36N2. The second-order valence-electron chi connectivity index (χ2n) is 15.0. The van der Waals surface area contributed by atoms with Gasteiger partial charge in [-0.3, -0.25) is 0 Å². The van der Waals surface area contributed by atoms with E-state index in [9.17, 15) is 0 Å². The van der Waals surface area contributed by atoms with Gasteiger partial charge in [0.2, 0.25) is 0 Å². The fourth-order valence-corrected chi connectivity index (χ4v) is 9.21. The summed E-state index contributed by atoms with van der Waals surface area (Å²) in [5.41, 5.74) is 17.8. The molecule has 0 aliphatic heterocycles. The van der Waals surface area contributed by atoms with Gasteiger partial charge in [-0.1, -0.05) is 143 Å². The number of aromatic nitrogens is 2. The highest BCUT2D eigenvalue weighted by Gasteiger charge is 2.38. The molecule has 1 aromatic heterocycles. The molecule has 2 aliphatic rings. The van der Waals surface area contributed by atoms with E-state index in [0.717, 1.165) is 11.3 Å². The van der Waals surface area contributed by atoms with Crippen LogP contribution >= 0.6 is 0 Å². The lowest BCUT2D eigenvalue weighted by Crippen LogP contribution is -2.14. The average molecular weight is 641 g/mol. The lowest BCUT2D eigenvalue weighted by atomic mass is 9.80. The van der Waals surface area contributed by atoms with E-state index in [0.29, 0.717) is 0 Å². The van der Waals surface area contributed by atoms with E-state index >= 15 is 0 Å². The predicted octanol–water partition coefficient (Wildman–Crippen LogP) is 12.4. The third-order valence-electron chi connectivity index (χ3n) is 11.7. The first-order valence-corrected chi connectivity index (χ1v) is 17.6. The molecule has 0 radical (unpaired) electrons. The van der Waals surface area contributed by atoms with Crippen LogP contribution in [0.4, 0.5) is 0 Å². The molecule has 0 saturated carbocycles. The maximum atomic E-state index is 4.80. The van der Waals surface area contributed by atoms with Gasteiger partial charge in [0.25, 0.3) is 0 Å². The normalized spacial score (nSPS) is 14.7. The van der Waals surface area contributed by atoms with Crippen LogP contribution in [0, 0.1) is 0 Å². The fraction of sp³-hybridized carbons (Fsp3) is 0.125. The van der Waals surface area contributed by atoms with E-state index in [1.807, 2.05) is 12.3 Å². The van der Waals surface area contributed by atoms with Crippen LogP contribution in [0.5, 0.6) is 0 Å². The van der Waals surface area contributed by atoms with Crippen LogP contribution in [-0.4, -0.2) is 9.97 Å². The summed E-state index contributed by atoms with van der Waals surface area (Å²) >= 11 is 0. The third kappa shape index (κ3) is 3.91. The predicted molar refractivity (Wildman–Crippen MR) is 208 cm³/mol. The molecule has 1 heterocycles. The monoisotopic (exact) mass is 640 g/mol. The number of hydrogen-bond donors (Lipinski definition) is 0. The maximum absolute atomic E-state index is 4.80. The van der Waals surface area contributed by atoms with Crippen molar-refractivity contribution in [2.45, 2.75) is 38.5 Å². The number of rotatable bonds is 3. The Hall–Kier alpha value is -5.86. The Morgan fingerprint density at radius 1 is 0.400 bits per heavy atom. The average Bonchev–Trinajstić information content (AvgIpc) is 3.53. The molecule has 0 atom stereocenters. The molecule has 0 amide bonds. The largest absolute Gasteiger partial charge is 0.245 e. The van der Waals surface area contributed by atoms with Gasteiger partial charge in [0, 0.05) is 22.6 Å². The van der Waals surface area contributed by atoms with Crippen molar-refractivity contribution >= 4 is 21.5 Å². The van der Waals surface area contributed by atoms with Crippen molar-refractivity contribution in [2.24, 2.45) is 0 Å². The summed E-state index contributed by atoms with van der Waals surface area (Å²) in [6.07, 6.45) is 3.50. The van der Waals surface area contributed by atoms with Crippen LogP contribution in [0.2, 0.25) is 0 Å². The van der Waals surface area contributed by atoms with Crippen LogP contribution in [-0.2, 0) is 10.8 Å². The molecule has 7 aromatic carbocycles. The highest BCUT2D eigenvalue weighted by molar-refractivity contribution is 6.23. The van der Waals surface area contributed by atoms with Gasteiger partial charge in [-0.05, 0) is 107 Å². The first-order chi connectivity index (χ1) is 24.3. The molecule has 0 spiro atoms. The van der Waals surface area contributed by atoms with Crippen LogP contribution in [0.15, 0.2) is 146 Å². The molecule has 8 aromatic rings. The number of fused-ring (bicyclic) bond motifs is 8. The minimum absolute atomic E-state index is 0.0644. The van der Waals surface area contributed by atoms with E-state index in [1.54, 1.807) is 6.33 Å². The molecule has 2 aliphatic carbocycles. The Labute approximate surface area is 293 Å². The molecule has 0 bridgehead atoms. The van der Waals surface area contributed by atoms with Crippen molar-refractivity contribution in [3.05, 3.63) is 168 Å². The van der Waals surface area contributed by atoms with Crippen molar-refractivity contribution in [2.75, 3.05) is 0 Å². The Morgan fingerprint density at radius 3 is 1.76 bits per heavy atom. The smallest absolute Gasteiger partial charge is 0.116 e. The van der Waals surface area contributed by atoms with E-state index in [4.69, 9.17) is 4.98 Å². The summed E-state index contributed by atoms with van der Waals surface area (Å²) in [6, 6.07) is 49.8. The lowest BCUT2D eigenvalue weighted by Gasteiger charge is -2.23. The summed E-state index contributed by atoms with van der Waals surface area (Å²) in [5.74, 6) is 0. The van der Waals surface area contributed by atoms with Crippen LogP contribution in [0.3, 0.4) is 0 Å². The second kappa shape index (κ2) is 10.3. The summed E-state index contributed by atoms with van der Waals surface area (Å²) in [5, 5.41) is 4.85. The van der Waals surface area contributed by atoms with E-state index in [-0.39, 0.29) is 10.8 Å². The minimum Gasteiger partial charge on any atom is -0.245 e. The Balaban J connectivity index is 1.30. The zero-order valence-corrected chi connectivity index (χ0v) is 28.8. The van der Waals surface area contributed by atoms with Gasteiger partial charge < -0.3 is 0 Å². The summed E-state index contributed by atoms with van der Waals surface area (Å²) < 4.78 is 0. The van der Waals surface area contributed by atoms with Gasteiger partial charge >= 0.3 is 0 Å². The highest BCUT2D eigenvalue weighted by atomic mass is 14.8. The second-order valence-corrected chi connectivity index (χ2v) is 15.0. The van der Waals surface area contributed by atoms with Crippen molar-refractivity contribution in [3.8, 4) is 55.8 Å². The van der Waals surface area contributed by atoms with Crippen molar-refractivity contribution in [3.63, 3.8) is 0 Å². The molecule has 0 fully saturated rings. The number of hydrogen-bond acceptors (Lipinski definition) is 2. The van der Waals surface area contributed by atoms with Gasteiger partial charge in [0.05, 0.1) is 5.69 Å². The minimum atomic E-state index is -0.0889. The van der Waals surface area contributed by atoms with Crippen molar-refractivity contribution < 1.29 is 0 Å². The van der Waals surface area contributed by atoms with E-state index in [1.165, 1.54) is 88.3 Å². The van der Waals surface area contributed by atoms with Crippen LogP contribution < -0.4 is 0 Å². The van der Waals surface area contributed by atoms with Gasteiger partial charge in [-0.25, -0.2) is 9.97 Å². The molecule has 2 heteroatoms. The topological polar surface area (TPSA) is 25.8 Å². The quantitative estimate of drug-likeness (QED) is 0.180. The summed E-state index contributed by atoms with van der Waals surface area (Å²) in [6.45, 7) is 9.44. The third-order valence-corrected chi connectivity index (χ3v) is 11.7. The van der Waals surface area contributed by atoms with Gasteiger partial charge in [-0.15, -0.1) is 0 Å². The maximum Gasteiger partial charge on any atom is 0.116 e. The molecule has 0 saturated heterocycles. The first kappa shape index (κ1) is 29.1. The van der Waals surface area contributed by atoms with Crippen molar-refractivity contribution in [1.29, 1.82) is 0 Å². The molecule has 2 nitrogen and oxygen atoms in total. The zero-order chi connectivity index (χ0) is 33.8. The van der Waals surface area contributed by atoms with Crippen LogP contribution in [0.25, 0.3) is 77.3 Å². The lowest BCUT2D eigenvalue weighted by molar-refractivity contribution is 0.660. The Morgan fingerprint density at radius 2 is 0.980 bits per heavy atom. The molecule has 10 rings (SSSR count). The van der Waals surface area contributed by atoms with E-state index in [2.05, 4.69) is 160 Å². The van der Waals surface area contributed by atoms with Crippen LogP contribution in [0.1, 0.15) is 49.9 Å². The zero-order valence-electron chi connectivity index (χ0n) is 28.8. The summed E-state index contributed by atoms with van der Waals surface area (Å²) in [4.78, 5) is 9.07.